The molecule has 0 fully saturated rings. The van der Waals surface area contributed by atoms with Gasteiger partial charge in [-0.05, 0) is 44.4 Å². The van der Waals surface area contributed by atoms with Gasteiger partial charge in [0.25, 0.3) is 0 Å². The first kappa shape index (κ1) is 16.3. The molecule has 1 aromatic carbocycles. The largest absolute Gasteiger partial charge is 0.389 e. The van der Waals surface area contributed by atoms with Gasteiger partial charge in [-0.2, -0.15) is 0 Å². The Morgan fingerprint density at radius 2 is 1.95 bits per heavy atom. The maximum Gasteiger partial charge on any atom is 0.0762 e. The van der Waals surface area contributed by atoms with Crippen molar-refractivity contribution in [2.24, 2.45) is 0 Å². The van der Waals surface area contributed by atoms with Crippen molar-refractivity contribution in [1.29, 1.82) is 0 Å². The van der Waals surface area contributed by atoms with Crippen LogP contribution in [0, 0.1) is 0 Å². The van der Waals surface area contributed by atoms with Crippen LogP contribution in [0.3, 0.4) is 0 Å². The molecule has 3 heteroatoms. The summed E-state index contributed by atoms with van der Waals surface area (Å²) in [5.74, 6) is 0. The van der Waals surface area contributed by atoms with Crippen molar-refractivity contribution in [2.75, 3.05) is 11.4 Å². The summed E-state index contributed by atoms with van der Waals surface area (Å²) in [5.41, 5.74) is 1.95. The summed E-state index contributed by atoms with van der Waals surface area (Å²) < 4.78 is 0. The fourth-order valence-corrected chi connectivity index (χ4v) is 2.44. The molecule has 0 aliphatic rings. The first-order chi connectivity index (χ1) is 9.01. The summed E-state index contributed by atoms with van der Waals surface area (Å²) in [5, 5.41) is 10.3. The number of benzene rings is 1. The number of unbranched alkanes of at least 4 members (excludes halogenated alkanes) is 1. The van der Waals surface area contributed by atoms with Crippen molar-refractivity contribution < 1.29 is 5.11 Å². The van der Waals surface area contributed by atoms with E-state index in [9.17, 15) is 5.11 Å². The first-order valence-corrected chi connectivity index (χ1v) is 7.63. The molecule has 0 aliphatic heterocycles. The highest BCUT2D eigenvalue weighted by Gasteiger charge is 2.16. The second-order valence-electron chi connectivity index (χ2n) is 5.19. The lowest BCUT2D eigenvalue weighted by Gasteiger charge is -2.32. The predicted molar refractivity (Wildman–Crippen MR) is 84.1 cm³/mol. The van der Waals surface area contributed by atoms with E-state index in [4.69, 9.17) is 11.6 Å². The molecule has 0 radical (unpaired) electrons. The van der Waals surface area contributed by atoms with Gasteiger partial charge in [0.2, 0.25) is 0 Å². The Kier molecular flexibility index (Phi) is 6.67. The highest BCUT2D eigenvalue weighted by Crippen LogP contribution is 2.31. The third-order valence-electron chi connectivity index (χ3n) is 3.64. The molecule has 1 rings (SSSR count). The average Bonchev–Trinajstić information content (AvgIpc) is 2.39. The molecule has 108 valence electrons. The van der Waals surface area contributed by atoms with Crippen LogP contribution in [0.5, 0.6) is 0 Å². The van der Waals surface area contributed by atoms with Crippen molar-refractivity contribution in [3.8, 4) is 0 Å². The van der Waals surface area contributed by atoms with Crippen molar-refractivity contribution in [3.63, 3.8) is 0 Å². The molecule has 1 aromatic rings. The molecule has 0 amide bonds. The van der Waals surface area contributed by atoms with Crippen LogP contribution in [0.25, 0.3) is 0 Å². The second-order valence-corrected chi connectivity index (χ2v) is 5.60. The van der Waals surface area contributed by atoms with E-state index in [0.717, 1.165) is 29.2 Å². The number of aliphatic hydroxyl groups is 1. The van der Waals surface area contributed by atoms with Crippen LogP contribution in [0.15, 0.2) is 18.2 Å². The molecule has 0 saturated carbocycles. The third kappa shape index (κ3) is 4.39. The van der Waals surface area contributed by atoms with Crippen LogP contribution in [0.1, 0.15) is 58.6 Å². The highest BCUT2D eigenvalue weighted by atomic mass is 35.5. The lowest BCUT2D eigenvalue weighted by Crippen LogP contribution is -2.33. The van der Waals surface area contributed by atoms with Crippen molar-refractivity contribution in [1.82, 2.24) is 0 Å². The summed E-state index contributed by atoms with van der Waals surface area (Å²) >= 11 is 6.40. The normalized spacial score (nSPS) is 14.2. The highest BCUT2D eigenvalue weighted by molar-refractivity contribution is 6.33. The van der Waals surface area contributed by atoms with Gasteiger partial charge in [0.15, 0.2) is 0 Å². The number of anilines is 1. The number of aliphatic hydroxyl groups excluding tert-OH is 1. The Morgan fingerprint density at radius 1 is 1.26 bits per heavy atom. The molecule has 2 atom stereocenters. The van der Waals surface area contributed by atoms with Crippen LogP contribution >= 0.6 is 11.6 Å². The van der Waals surface area contributed by atoms with Crippen molar-refractivity contribution in [2.45, 2.75) is 59.1 Å². The molecule has 0 aliphatic carbocycles. The van der Waals surface area contributed by atoms with E-state index >= 15 is 0 Å². The summed E-state index contributed by atoms with van der Waals surface area (Å²) in [4.78, 5) is 2.37. The van der Waals surface area contributed by atoms with Gasteiger partial charge < -0.3 is 10.0 Å². The van der Waals surface area contributed by atoms with Crippen molar-refractivity contribution >= 4 is 17.3 Å². The molecule has 0 heterocycles. The zero-order chi connectivity index (χ0) is 14.4. The Morgan fingerprint density at radius 3 is 2.42 bits per heavy atom. The standard InChI is InChI=1S/C16H26ClNO/c1-5-7-10-18(12(3)6-2)16-9-8-14(13(4)19)11-15(16)17/h8-9,11-13,19H,5-7,10H2,1-4H3/t12?,13-/m1/s1. The summed E-state index contributed by atoms with van der Waals surface area (Å²) in [6.07, 6.45) is 2.96. The number of halogens is 1. The molecular formula is C16H26ClNO. The minimum atomic E-state index is -0.473. The topological polar surface area (TPSA) is 23.5 Å². The summed E-state index contributed by atoms with van der Waals surface area (Å²) in [6.45, 7) is 9.41. The van der Waals surface area contributed by atoms with E-state index in [1.54, 1.807) is 6.92 Å². The lowest BCUT2D eigenvalue weighted by atomic mass is 10.1. The molecule has 0 saturated heterocycles. The number of nitrogens with zero attached hydrogens (tertiary/aromatic N) is 1. The summed E-state index contributed by atoms with van der Waals surface area (Å²) in [6, 6.07) is 6.35. The molecular weight excluding hydrogens is 258 g/mol. The molecule has 1 unspecified atom stereocenters. The van der Waals surface area contributed by atoms with E-state index in [-0.39, 0.29) is 0 Å². The van der Waals surface area contributed by atoms with Crippen LogP contribution in [-0.2, 0) is 0 Å². The fraction of sp³-hybridized carbons (Fsp3) is 0.625. The Balaban J connectivity index is 3.01. The van der Waals surface area contributed by atoms with E-state index < -0.39 is 6.10 Å². The smallest absolute Gasteiger partial charge is 0.0762 e. The SMILES string of the molecule is CCCCN(c1ccc([C@@H](C)O)cc1Cl)C(C)CC. The van der Waals surface area contributed by atoms with E-state index in [1.807, 2.05) is 18.2 Å². The van der Waals surface area contributed by atoms with E-state index in [2.05, 4.69) is 25.7 Å². The molecule has 1 N–H and O–H groups in total. The van der Waals surface area contributed by atoms with Gasteiger partial charge >= 0.3 is 0 Å². The van der Waals surface area contributed by atoms with Gasteiger partial charge in [-0.1, -0.05) is 37.9 Å². The maximum atomic E-state index is 9.60. The van der Waals surface area contributed by atoms with Gasteiger partial charge in [-0.25, -0.2) is 0 Å². The quantitative estimate of drug-likeness (QED) is 0.777. The molecule has 2 nitrogen and oxygen atoms in total. The first-order valence-electron chi connectivity index (χ1n) is 7.25. The van der Waals surface area contributed by atoms with Gasteiger partial charge in [0, 0.05) is 12.6 Å². The summed E-state index contributed by atoms with van der Waals surface area (Å²) in [7, 11) is 0. The van der Waals surface area contributed by atoms with Crippen LogP contribution in [0.4, 0.5) is 5.69 Å². The van der Waals surface area contributed by atoms with Gasteiger partial charge in [-0.3, -0.25) is 0 Å². The molecule has 0 aromatic heterocycles. The fourth-order valence-electron chi connectivity index (χ4n) is 2.14. The van der Waals surface area contributed by atoms with E-state index in [0.29, 0.717) is 6.04 Å². The van der Waals surface area contributed by atoms with Crippen LogP contribution < -0.4 is 4.90 Å². The van der Waals surface area contributed by atoms with E-state index in [1.165, 1.54) is 12.8 Å². The van der Waals surface area contributed by atoms with Gasteiger partial charge in [-0.15, -0.1) is 0 Å². The number of hydrogen-bond acceptors (Lipinski definition) is 2. The van der Waals surface area contributed by atoms with Crippen LogP contribution in [0.2, 0.25) is 5.02 Å². The lowest BCUT2D eigenvalue weighted by molar-refractivity contribution is 0.199. The van der Waals surface area contributed by atoms with Gasteiger partial charge in [0.05, 0.1) is 16.8 Å². The van der Waals surface area contributed by atoms with Crippen LogP contribution in [-0.4, -0.2) is 17.7 Å². The Bertz CT molecular complexity index is 392. The Labute approximate surface area is 122 Å². The molecule has 0 spiro atoms. The monoisotopic (exact) mass is 283 g/mol. The van der Waals surface area contributed by atoms with Crippen molar-refractivity contribution in [3.05, 3.63) is 28.8 Å². The predicted octanol–water partition coefficient (Wildman–Crippen LogP) is 4.80. The third-order valence-corrected chi connectivity index (χ3v) is 3.94. The molecule has 19 heavy (non-hydrogen) atoms. The average molecular weight is 284 g/mol. The minimum Gasteiger partial charge on any atom is -0.389 e. The van der Waals surface area contributed by atoms with Gasteiger partial charge in [0.1, 0.15) is 0 Å². The zero-order valence-electron chi connectivity index (χ0n) is 12.5. The number of rotatable bonds is 7. The molecule has 0 bridgehead atoms. The second kappa shape index (κ2) is 7.76. The minimum absolute atomic E-state index is 0.473. The Hall–Kier alpha value is -0.730. The zero-order valence-corrected chi connectivity index (χ0v) is 13.2. The number of hydrogen-bond donors (Lipinski definition) is 1. The maximum absolute atomic E-state index is 9.60.